The van der Waals surface area contributed by atoms with Crippen molar-refractivity contribution in [3.63, 3.8) is 0 Å². The van der Waals surface area contributed by atoms with Crippen molar-refractivity contribution in [1.82, 2.24) is 29.8 Å². The Morgan fingerprint density at radius 1 is 1.41 bits per heavy atom. The first-order valence-corrected chi connectivity index (χ1v) is 7.33. The second-order valence-electron chi connectivity index (χ2n) is 4.96. The lowest BCUT2D eigenvalue weighted by atomic mass is 10.3. The first-order chi connectivity index (χ1) is 10.6. The molecule has 8 heteroatoms. The monoisotopic (exact) mass is 316 g/mol. The maximum Gasteiger partial charge on any atom is 0.276 e. The summed E-state index contributed by atoms with van der Waals surface area (Å²) in [6.45, 7) is 3.22. The van der Waals surface area contributed by atoms with E-state index in [1.54, 1.807) is 23.2 Å². The van der Waals surface area contributed by atoms with Crippen LogP contribution in [0.3, 0.4) is 0 Å². The minimum atomic E-state index is -0.143. The first kappa shape index (κ1) is 14.5. The quantitative estimate of drug-likeness (QED) is 0.670. The Morgan fingerprint density at radius 2 is 2.23 bits per heavy atom. The van der Waals surface area contributed by atoms with Crippen LogP contribution in [0, 0.1) is 0 Å². The van der Waals surface area contributed by atoms with Gasteiger partial charge in [-0.3, -0.25) is 19.1 Å². The number of aryl methyl sites for hydroxylation is 2. The zero-order valence-corrected chi connectivity index (χ0v) is 13.2. The summed E-state index contributed by atoms with van der Waals surface area (Å²) in [6, 6.07) is 1.83. The molecule has 0 bridgehead atoms. The van der Waals surface area contributed by atoms with Crippen molar-refractivity contribution in [2.45, 2.75) is 20.0 Å². The summed E-state index contributed by atoms with van der Waals surface area (Å²) in [5.41, 5.74) is 2.23. The molecule has 1 N–H and O–H groups in total. The fraction of sp³-hybridized carbons (Fsp3) is 0.286. The van der Waals surface area contributed by atoms with Crippen LogP contribution in [0.5, 0.6) is 0 Å². The van der Waals surface area contributed by atoms with Gasteiger partial charge in [0, 0.05) is 31.5 Å². The number of carbonyl (C=O) groups excluding carboxylic acids is 1. The lowest BCUT2D eigenvalue weighted by Gasteiger charge is -2.12. The minimum absolute atomic E-state index is 0.143. The zero-order chi connectivity index (χ0) is 15.7. The first-order valence-electron chi connectivity index (χ1n) is 6.92. The Hall–Kier alpha value is -2.48. The largest absolute Gasteiger partial charge is 0.328 e. The van der Waals surface area contributed by atoms with Gasteiger partial charge in [0.1, 0.15) is 5.70 Å². The second-order valence-corrected chi connectivity index (χ2v) is 5.35. The molecule has 114 valence electrons. The van der Waals surface area contributed by atoms with Crippen molar-refractivity contribution < 1.29 is 4.79 Å². The summed E-state index contributed by atoms with van der Waals surface area (Å²) >= 11 is 5.26. The highest BCUT2D eigenvalue weighted by atomic mass is 32.1. The van der Waals surface area contributed by atoms with Crippen LogP contribution in [0.1, 0.15) is 18.2 Å². The van der Waals surface area contributed by atoms with Crippen LogP contribution < -0.4 is 5.32 Å². The molecule has 1 fully saturated rings. The molecule has 0 aromatic carbocycles. The van der Waals surface area contributed by atoms with Gasteiger partial charge in [-0.2, -0.15) is 10.2 Å². The molecule has 2 aromatic rings. The Morgan fingerprint density at radius 3 is 2.86 bits per heavy atom. The summed E-state index contributed by atoms with van der Waals surface area (Å²) in [5.74, 6) is -0.143. The van der Waals surface area contributed by atoms with Gasteiger partial charge < -0.3 is 5.32 Å². The summed E-state index contributed by atoms with van der Waals surface area (Å²) in [5, 5.41) is 11.7. The van der Waals surface area contributed by atoms with Crippen molar-refractivity contribution >= 4 is 29.3 Å². The van der Waals surface area contributed by atoms with Crippen molar-refractivity contribution in [2.75, 3.05) is 0 Å². The van der Waals surface area contributed by atoms with Crippen LogP contribution in [0.2, 0.25) is 0 Å². The molecule has 7 nitrogen and oxygen atoms in total. The predicted molar refractivity (Wildman–Crippen MR) is 85.4 cm³/mol. The van der Waals surface area contributed by atoms with Gasteiger partial charge in [-0.25, -0.2) is 0 Å². The van der Waals surface area contributed by atoms with E-state index >= 15 is 0 Å². The molecule has 0 spiro atoms. The van der Waals surface area contributed by atoms with Crippen LogP contribution in [0.4, 0.5) is 0 Å². The van der Waals surface area contributed by atoms with Crippen molar-refractivity contribution in [1.29, 1.82) is 0 Å². The van der Waals surface area contributed by atoms with Gasteiger partial charge in [0.15, 0.2) is 5.11 Å². The van der Waals surface area contributed by atoms with Gasteiger partial charge in [-0.15, -0.1) is 0 Å². The number of rotatable bonds is 4. The Bertz CT molecular complexity index is 759. The predicted octanol–water partition coefficient (Wildman–Crippen LogP) is 0.894. The Kier molecular flexibility index (Phi) is 3.76. The number of amides is 1. The maximum absolute atomic E-state index is 12.5. The molecule has 1 aliphatic rings. The van der Waals surface area contributed by atoms with Crippen molar-refractivity contribution in [3.05, 3.63) is 41.6 Å². The zero-order valence-electron chi connectivity index (χ0n) is 12.4. The van der Waals surface area contributed by atoms with Crippen LogP contribution >= 0.6 is 12.2 Å². The van der Waals surface area contributed by atoms with Gasteiger partial charge >= 0.3 is 0 Å². The molecular formula is C14H16N6OS. The smallest absolute Gasteiger partial charge is 0.276 e. The number of hydrogen-bond donors (Lipinski definition) is 1. The second kappa shape index (κ2) is 5.72. The average Bonchev–Trinajstić information content (AvgIpc) is 3.18. The van der Waals surface area contributed by atoms with Gasteiger partial charge in [0.2, 0.25) is 0 Å². The molecule has 0 aliphatic carbocycles. The average molecular weight is 316 g/mol. The van der Waals surface area contributed by atoms with Crippen molar-refractivity contribution in [3.8, 4) is 0 Å². The maximum atomic E-state index is 12.5. The van der Waals surface area contributed by atoms with E-state index in [1.807, 2.05) is 30.9 Å². The molecule has 1 amide bonds. The summed E-state index contributed by atoms with van der Waals surface area (Å²) < 4.78 is 3.51. The number of aromatic nitrogens is 4. The number of thiocarbonyl (C=S) groups is 1. The molecule has 3 rings (SSSR count). The topological polar surface area (TPSA) is 68.0 Å². The van der Waals surface area contributed by atoms with E-state index in [2.05, 4.69) is 15.5 Å². The van der Waals surface area contributed by atoms with Crippen LogP contribution in [-0.2, 0) is 24.9 Å². The number of nitrogens with one attached hydrogen (secondary N) is 1. The molecule has 1 aliphatic heterocycles. The third kappa shape index (κ3) is 2.64. The van der Waals surface area contributed by atoms with E-state index in [0.717, 1.165) is 17.8 Å². The van der Waals surface area contributed by atoms with Gasteiger partial charge in [0.25, 0.3) is 5.91 Å². The molecule has 0 radical (unpaired) electrons. The van der Waals surface area contributed by atoms with Gasteiger partial charge in [-0.1, -0.05) is 0 Å². The number of nitrogens with zero attached hydrogens (tertiary/aromatic N) is 5. The van der Waals surface area contributed by atoms with Gasteiger partial charge in [-0.05, 0) is 31.3 Å². The van der Waals surface area contributed by atoms with Crippen LogP contribution in [0.25, 0.3) is 6.08 Å². The van der Waals surface area contributed by atoms with E-state index in [-0.39, 0.29) is 5.91 Å². The van der Waals surface area contributed by atoms with Crippen LogP contribution in [0.15, 0.2) is 30.4 Å². The highest BCUT2D eigenvalue weighted by molar-refractivity contribution is 7.80. The van der Waals surface area contributed by atoms with E-state index in [9.17, 15) is 4.79 Å². The normalized spacial score (nSPS) is 16.6. The van der Waals surface area contributed by atoms with E-state index < -0.39 is 0 Å². The fourth-order valence-corrected chi connectivity index (χ4v) is 2.49. The standard InChI is InChI=1S/C14H16N6OS/c1-3-19-8-10(7-16-19)9-20-13(21)12(17-14(20)22)6-11-4-5-15-18(11)2/h4-8H,3,9H2,1-2H3,(H,17,22)/b12-6+. The highest BCUT2D eigenvalue weighted by Crippen LogP contribution is 2.16. The van der Waals surface area contributed by atoms with E-state index in [4.69, 9.17) is 12.2 Å². The van der Waals surface area contributed by atoms with Crippen LogP contribution in [-0.4, -0.2) is 35.5 Å². The Balaban J connectivity index is 1.79. The molecular weight excluding hydrogens is 300 g/mol. The van der Waals surface area contributed by atoms with Gasteiger partial charge in [0.05, 0.1) is 18.4 Å². The number of carbonyl (C=O) groups is 1. The summed E-state index contributed by atoms with van der Waals surface area (Å²) in [7, 11) is 1.82. The summed E-state index contributed by atoms with van der Waals surface area (Å²) in [6.07, 6.45) is 7.10. The molecule has 2 aromatic heterocycles. The molecule has 22 heavy (non-hydrogen) atoms. The molecule has 3 heterocycles. The minimum Gasteiger partial charge on any atom is -0.328 e. The molecule has 0 unspecified atom stereocenters. The molecule has 0 saturated carbocycles. The van der Waals surface area contributed by atoms with E-state index in [0.29, 0.717) is 17.4 Å². The molecule has 1 saturated heterocycles. The third-order valence-corrected chi connectivity index (χ3v) is 3.79. The third-order valence-electron chi connectivity index (χ3n) is 3.46. The SMILES string of the molecule is CCn1cc(CN2C(=O)/C(=C\c3ccnn3C)NC2=S)cn1. The lowest BCUT2D eigenvalue weighted by molar-refractivity contribution is -0.122. The number of hydrogen-bond acceptors (Lipinski definition) is 4. The van der Waals surface area contributed by atoms with E-state index in [1.165, 1.54) is 4.90 Å². The lowest BCUT2D eigenvalue weighted by Crippen LogP contribution is -2.29. The Labute approximate surface area is 133 Å². The van der Waals surface area contributed by atoms with Crippen molar-refractivity contribution in [2.24, 2.45) is 7.05 Å². The summed E-state index contributed by atoms with van der Waals surface area (Å²) in [4.78, 5) is 14.0. The highest BCUT2D eigenvalue weighted by Gasteiger charge is 2.31. The fourth-order valence-electron chi connectivity index (χ4n) is 2.23. The molecule has 0 atom stereocenters.